The largest absolute Gasteiger partial charge is 0.378 e. The first-order valence-electron chi connectivity index (χ1n) is 6.24. The van der Waals surface area contributed by atoms with Gasteiger partial charge in [0.1, 0.15) is 5.82 Å². The van der Waals surface area contributed by atoms with Gasteiger partial charge in [-0.05, 0) is 6.92 Å². The molecule has 0 radical (unpaired) electrons. The molecule has 6 heteroatoms. The lowest BCUT2D eigenvalue weighted by atomic mass is 10.2. The van der Waals surface area contributed by atoms with Crippen LogP contribution in [0.2, 0.25) is 0 Å². The van der Waals surface area contributed by atoms with E-state index in [-0.39, 0.29) is 11.9 Å². The second-order valence-electron chi connectivity index (χ2n) is 4.49. The molecule has 0 saturated carbocycles. The molecule has 1 atom stereocenters. The van der Waals surface area contributed by atoms with Crippen LogP contribution in [-0.2, 0) is 23.1 Å². The Morgan fingerprint density at radius 3 is 2.89 bits per heavy atom. The second kappa shape index (κ2) is 5.97. The third-order valence-electron chi connectivity index (χ3n) is 3.18. The quantitative estimate of drug-likeness (QED) is 0.803. The highest BCUT2D eigenvalue weighted by atomic mass is 16.5. The second-order valence-corrected chi connectivity index (χ2v) is 4.49. The number of morpholine rings is 1. The minimum atomic E-state index is -0.195. The van der Waals surface area contributed by atoms with Crippen molar-refractivity contribution in [1.82, 2.24) is 19.8 Å². The lowest BCUT2D eigenvalue weighted by molar-refractivity contribution is -0.137. The molecule has 100 valence electrons. The average Bonchev–Trinajstić information content (AvgIpc) is 2.81. The lowest BCUT2D eigenvalue weighted by Crippen LogP contribution is -2.49. The van der Waals surface area contributed by atoms with E-state index in [2.05, 4.69) is 10.3 Å². The van der Waals surface area contributed by atoms with Gasteiger partial charge < -0.3 is 14.2 Å². The smallest absolute Gasteiger partial charge is 0.239 e. The number of aromatic nitrogens is 2. The molecular formula is C12H20N4O2. The van der Waals surface area contributed by atoms with Gasteiger partial charge in [-0.2, -0.15) is 0 Å². The van der Waals surface area contributed by atoms with Crippen molar-refractivity contribution < 1.29 is 9.53 Å². The number of amides is 1. The van der Waals surface area contributed by atoms with Gasteiger partial charge in [-0.25, -0.2) is 4.98 Å². The predicted octanol–water partition coefficient (Wildman–Crippen LogP) is -0.243. The van der Waals surface area contributed by atoms with Gasteiger partial charge in [-0.15, -0.1) is 0 Å². The van der Waals surface area contributed by atoms with E-state index in [1.807, 2.05) is 29.6 Å². The maximum absolute atomic E-state index is 12.1. The number of rotatable bonds is 4. The summed E-state index contributed by atoms with van der Waals surface area (Å²) in [6.45, 7) is 5.14. The Hall–Kier alpha value is -1.40. The van der Waals surface area contributed by atoms with Crippen LogP contribution in [0.25, 0.3) is 0 Å². The van der Waals surface area contributed by atoms with Gasteiger partial charge in [0, 0.05) is 32.5 Å². The highest BCUT2D eigenvalue weighted by Crippen LogP contribution is 2.01. The van der Waals surface area contributed by atoms with Crippen molar-refractivity contribution >= 4 is 5.91 Å². The number of nitrogens with zero attached hydrogens (tertiary/aromatic N) is 3. The van der Waals surface area contributed by atoms with Crippen LogP contribution >= 0.6 is 0 Å². The number of nitrogens with one attached hydrogen (secondary N) is 1. The number of hydrogen-bond donors (Lipinski definition) is 1. The number of carbonyl (C=O) groups is 1. The lowest BCUT2D eigenvalue weighted by Gasteiger charge is -2.29. The fourth-order valence-electron chi connectivity index (χ4n) is 1.96. The van der Waals surface area contributed by atoms with Gasteiger partial charge >= 0.3 is 0 Å². The van der Waals surface area contributed by atoms with Gasteiger partial charge in [-0.3, -0.25) is 10.1 Å². The van der Waals surface area contributed by atoms with Gasteiger partial charge in [0.25, 0.3) is 0 Å². The Morgan fingerprint density at radius 1 is 1.56 bits per heavy atom. The average molecular weight is 252 g/mol. The van der Waals surface area contributed by atoms with E-state index < -0.39 is 0 Å². The summed E-state index contributed by atoms with van der Waals surface area (Å²) in [6, 6.07) is -0.195. The van der Waals surface area contributed by atoms with E-state index in [4.69, 9.17) is 4.74 Å². The van der Waals surface area contributed by atoms with Crippen molar-refractivity contribution in [2.75, 3.05) is 26.3 Å². The number of aryl methyl sites for hydroxylation is 1. The third-order valence-corrected chi connectivity index (χ3v) is 3.18. The van der Waals surface area contributed by atoms with Crippen molar-refractivity contribution in [3.05, 3.63) is 18.2 Å². The molecule has 0 spiro atoms. The summed E-state index contributed by atoms with van der Waals surface area (Å²) in [5.74, 6) is 1.06. The Morgan fingerprint density at radius 2 is 2.28 bits per heavy atom. The van der Waals surface area contributed by atoms with E-state index in [0.717, 1.165) is 5.82 Å². The third kappa shape index (κ3) is 3.08. The standard InChI is InChI=1S/C12H20N4O2/c1-10(12(17)16-5-7-18-8-6-16)14-9-11-13-3-4-15(11)2/h3-4,10,14H,5-9H2,1-2H3. The highest BCUT2D eigenvalue weighted by Gasteiger charge is 2.22. The first-order chi connectivity index (χ1) is 8.68. The Balaban J connectivity index is 1.82. The molecule has 1 aliphatic heterocycles. The summed E-state index contributed by atoms with van der Waals surface area (Å²) in [7, 11) is 1.94. The Bertz CT molecular complexity index is 399. The van der Waals surface area contributed by atoms with Crippen LogP contribution in [0, 0.1) is 0 Å². The number of hydrogen-bond acceptors (Lipinski definition) is 4. The van der Waals surface area contributed by atoms with Crippen molar-refractivity contribution in [2.24, 2.45) is 7.05 Å². The zero-order valence-electron chi connectivity index (χ0n) is 10.9. The van der Waals surface area contributed by atoms with Crippen LogP contribution in [0.4, 0.5) is 0 Å². The number of carbonyl (C=O) groups excluding carboxylic acids is 1. The zero-order chi connectivity index (χ0) is 13.0. The van der Waals surface area contributed by atoms with E-state index in [0.29, 0.717) is 32.8 Å². The fourth-order valence-corrected chi connectivity index (χ4v) is 1.96. The number of ether oxygens (including phenoxy) is 1. The van der Waals surface area contributed by atoms with Crippen molar-refractivity contribution in [1.29, 1.82) is 0 Å². The highest BCUT2D eigenvalue weighted by molar-refractivity contribution is 5.81. The molecule has 0 bridgehead atoms. The topological polar surface area (TPSA) is 59.4 Å². The van der Waals surface area contributed by atoms with Gasteiger partial charge in [0.2, 0.25) is 5.91 Å². The maximum Gasteiger partial charge on any atom is 0.239 e. The molecule has 1 saturated heterocycles. The van der Waals surface area contributed by atoms with E-state index >= 15 is 0 Å². The summed E-state index contributed by atoms with van der Waals surface area (Å²) in [4.78, 5) is 18.2. The molecule has 18 heavy (non-hydrogen) atoms. The molecular weight excluding hydrogens is 232 g/mol. The molecule has 1 aromatic heterocycles. The molecule has 1 N–H and O–H groups in total. The van der Waals surface area contributed by atoms with Crippen molar-refractivity contribution in [3.8, 4) is 0 Å². The summed E-state index contributed by atoms with van der Waals surface area (Å²) in [5, 5.41) is 3.21. The molecule has 0 aliphatic carbocycles. The molecule has 1 unspecified atom stereocenters. The molecule has 1 amide bonds. The maximum atomic E-state index is 12.1. The van der Waals surface area contributed by atoms with E-state index in [1.165, 1.54) is 0 Å². The molecule has 1 fully saturated rings. The van der Waals surface area contributed by atoms with Crippen LogP contribution in [0.5, 0.6) is 0 Å². The predicted molar refractivity (Wildman–Crippen MR) is 66.9 cm³/mol. The van der Waals surface area contributed by atoms with Crippen LogP contribution in [0.3, 0.4) is 0 Å². The fraction of sp³-hybridized carbons (Fsp3) is 0.667. The van der Waals surface area contributed by atoms with Crippen LogP contribution < -0.4 is 5.32 Å². The van der Waals surface area contributed by atoms with E-state index in [1.54, 1.807) is 6.20 Å². The van der Waals surface area contributed by atoms with E-state index in [9.17, 15) is 4.79 Å². The summed E-state index contributed by atoms with van der Waals surface area (Å²) in [6.07, 6.45) is 3.65. The normalized spacial score (nSPS) is 17.8. The van der Waals surface area contributed by atoms with Crippen molar-refractivity contribution in [3.63, 3.8) is 0 Å². The summed E-state index contributed by atoms with van der Waals surface area (Å²) >= 11 is 0. The first kappa shape index (κ1) is 13.0. The molecule has 2 rings (SSSR count). The van der Waals surface area contributed by atoms with Gasteiger partial charge in [-0.1, -0.05) is 0 Å². The van der Waals surface area contributed by atoms with Gasteiger partial charge in [0.05, 0.1) is 25.8 Å². The molecule has 6 nitrogen and oxygen atoms in total. The molecule has 0 aromatic carbocycles. The van der Waals surface area contributed by atoms with Crippen LogP contribution in [0.1, 0.15) is 12.7 Å². The molecule has 1 aromatic rings. The first-order valence-corrected chi connectivity index (χ1v) is 6.24. The summed E-state index contributed by atoms with van der Waals surface area (Å²) in [5.41, 5.74) is 0. The SMILES string of the molecule is CC(NCc1nccn1C)C(=O)N1CCOCC1. The number of imidazole rings is 1. The Labute approximate surface area is 107 Å². The molecule has 1 aliphatic rings. The molecule has 2 heterocycles. The van der Waals surface area contributed by atoms with Crippen molar-refractivity contribution in [2.45, 2.75) is 19.5 Å². The summed E-state index contributed by atoms with van der Waals surface area (Å²) < 4.78 is 7.18. The van der Waals surface area contributed by atoms with Crippen LogP contribution in [-0.4, -0.2) is 52.7 Å². The zero-order valence-corrected chi connectivity index (χ0v) is 10.9. The van der Waals surface area contributed by atoms with Crippen LogP contribution in [0.15, 0.2) is 12.4 Å². The minimum absolute atomic E-state index is 0.132. The van der Waals surface area contributed by atoms with Gasteiger partial charge in [0.15, 0.2) is 0 Å². The monoisotopic (exact) mass is 252 g/mol. The minimum Gasteiger partial charge on any atom is -0.378 e. The Kier molecular flexibility index (Phi) is 4.33.